The number of H-pyrrole nitrogens is 1. The largest absolute Gasteiger partial charge is 0.435 e. The number of amides is 3. The van der Waals surface area contributed by atoms with Gasteiger partial charge in [0.05, 0.1) is 39.1 Å². The summed E-state index contributed by atoms with van der Waals surface area (Å²) in [5.41, 5.74) is 0.325. The molecule has 1 aliphatic rings. The smallest absolute Gasteiger partial charge is 0.360 e. The van der Waals surface area contributed by atoms with Crippen LogP contribution in [0.4, 0.5) is 18.9 Å². The summed E-state index contributed by atoms with van der Waals surface area (Å²) in [6.45, 7) is 3.56. The van der Waals surface area contributed by atoms with E-state index < -0.39 is 17.8 Å². The van der Waals surface area contributed by atoms with Crippen molar-refractivity contribution >= 4 is 46.0 Å². The Labute approximate surface area is 271 Å². The van der Waals surface area contributed by atoms with Crippen LogP contribution in [0.2, 0.25) is 5.02 Å². The van der Waals surface area contributed by atoms with Crippen molar-refractivity contribution in [2.24, 2.45) is 7.05 Å². The molecule has 5 aromatic rings. The zero-order chi connectivity index (χ0) is 33.5. The molecule has 0 saturated carbocycles. The molecular formula is C31H29ClF3N9O3. The van der Waals surface area contributed by atoms with Gasteiger partial charge in [0.25, 0.3) is 11.8 Å². The lowest BCUT2D eigenvalue weighted by Crippen LogP contribution is -2.50. The SMILES string of the molecule is CCCC(=O)N1CCN(C(=O)c2ccc(NC(=O)c3ncc(-c4cn(-c5ccc6[nH]ccc6n5)nc4C(F)(F)F)n3C)cc2Cl)CC1. The van der Waals surface area contributed by atoms with Gasteiger partial charge in [-0.2, -0.15) is 18.3 Å². The molecule has 16 heteroatoms. The van der Waals surface area contributed by atoms with E-state index in [2.05, 4.69) is 25.4 Å². The first-order valence-corrected chi connectivity index (χ1v) is 15.1. The van der Waals surface area contributed by atoms with Crippen LogP contribution in [-0.4, -0.2) is 83.0 Å². The summed E-state index contributed by atoms with van der Waals surface area (Å²) in [6.07, 6.45) is 0.451. The van der Waals surface area contributed by atoms with Gasteiger partial charge in [0.1, 0.15) is 0 Å². The maximum atomic E-state index is 14.1. The molecule has 244 valence electrons. The Hall–Kier alpha value is -5.18. The normalized spacial score (nSPS) is 13.7. The van der Waals surface area contributed by atoms with Crippen molar-refractivity contribution in [3.63, 3.8) is 0 Å². The van der Waals surface area contributed by atoms with Gasteiger partial charge in [-0.1, -0.05) is 18.5 Å². The van der Waals surface area contributed by atoms with Crippen molar-refractivity contribution in [1.82, 2.24) is 39.1 Å². The molecule has 0 spiro atoms. The number of hydrogen-bond donors (Lipinski definition) is 2. The molecule has 2 N–H and O–H groups in total. The van der Waals surface area contributed by atoms with E-state index in [0.717, 1.165) is 16.6 Å². The average Bonchev–Trinajstić information content (AvgIpc) is 3.79. The van der Waals surface area contributed by atoms with Crippen molar-refractivity contribution in [2.45, 2.75) is 25.9 Å². The fraction of sp³-hybridized carbons (Fsp3) is 0.290. The lowest BCUT2D eigenvalue weighted by Gasteiger charge is -2.35. The molecule has 0 atom stereocenters. The molecule has 4 aromatic heterocycles. The Balaban J connectivity index is 1.18. The number of alkyl halides is 3. The predicted molar refractivity (Wildman–Crippen MR) is 167 cm³/mol. The molecule has 3 amide bonds. The summed E-state index contributed by atoms with van der Waals surface area (Å²) in [4.78, 5) is 53.3. The van der Waals surface area contributed by atoms with Gasteiger partial charge < -0.3 is 24.7 Å². The zero-order valence-corrected chi connectivity index (χ0v) is 26.1. The topological polar surface area (TPSA) is 134 Å². The van der Waals surface area contributed by atoms with Crippen LogP contribution in [0.3, 0.4) is 0 Å². The number of benzene rings is 1. The number of carbonyl (C=O) groups is 3. The molecule has 47 heavy (non-hydrogen) atoms. The molecule has 0 aliphatic carbocycles. The summed E-state index contributed by atoms with van der Waals surface area (Å²) >= 11 is 6.44. The van der Waals surface area contributed by atoms with Crippen LogP contribution < -0.4 is 5.32 Å². The Morgan fingerprint density at radius 1 is 1.04 bits per heavy atom. The molecule has 1 aromatic carbocycles. The number of aromatic nitrogens is 6. The highest BCUT2D eigenvalue weighted by atomic mass is 35.5. The number of imidazole rings is 1. The third-order valence-corrected chi connectivity index (χ3v) is 8.23. The lowest BCUT2D eigenvalue weighted by atomic mass is 10.1. The van der Waals surface area contributed by atoms with Gasteiger partial charge in [0.15, 0.2) is 17.3 Å². The summed E-state index contributed by atoms with van der Waals surface area (Å²) < 4.78 is 44.6. The van der Waals surface area contributed by atoms with Gasteiger partial charge in [-0.05, 0) is 42.8 Å². The van der Waals surface area contributed by atoms with E-state index in [1.807, 2.05) is 6.92 Å². The van der Waals surface area contributed by atoms with Crippen LogP contribution in [0.5, 0.6) is 0 Å². The summed E-state index contributed by atoms with van der Waals surface area (Å²) in [5.74, 6) is -0.927. The van der Waals surface area contributed by atoms with E-state index in [1.165, 1.54) is 42.2 Å². The van der Waals surface area contributed by atoms with Crippen molar-refractivity contribution < 1.29 is 27.6 Å². The summed E-state index contributed by atoms with van der Waals surface area (Å²) in [7, 11) is 1.42. The number of nitrogens with one attached hydrogen (secondary N) is 2. The number of piperazine rings is 1. The molecule has 1 saturated heterocycles. The number of fused-ring (bicyclic) bond motifs is 1. The Kier molecular flexibility index (Phi) is 8.49. The lowest BCUT2D eigenvalue weighted by molar-refractivity contribution is -0.140. The van der Waals surface area contributed by atoms with Crippen LogP contribution >= 0.6 is 11.6 Å². The second-order valence-corrected chi connectivity index (χ2v) is 11.4. The predicted octanol–water partition coefficient (Wildman–Crippen LogP) is 5.16. The van der Waals surface area contributed by atoms with E-state index in [4.69, 9.17) is 11.6 Å². The fourth-order valence-electron chi connectivity index (χ4n) is 5.46. The number of carbonyl (C=O) groups excluding carboxylic acids is 3. The van der Waals surface area contributed by atoms with Gasteiger partial charge >= 0.3 is 6.18 Å². The minimum absolute atomic E-state index is 0.00640. The quantitative estimate of drug-likeness (QED) is 0.246. The first kappa shape index (κ1) is 31.8. The van der Waals surface area contributed by atoms with Crippen LogP contribution in [0.1, 0.15) is 46.4 Å². The highest BCUT2D eigenvalue weighted by Gasteiger charge is 2.39. The molecule has 0 unspecified atom stereocenters. The minimum atomic E-state index is -4.80. The fourth-order valence-corrected chi connectivity index (χ4v) is 5.73. The second-order valence-electron chi connectivity index (χ2n) is 11.0. The zero-order valence-electron chi connectivity index (χ0n) is 25.3. The van der Waals surface area contributed by atoms with E-state index >= 15 is 0 Å². The summed E-state index contributed by atoms with van der Waals surface area (Å²) in [6, 6.07) is 9.32. The van der Waals surface area contributed by atoms with E-state index in [-0.39, 0.29) is 51.0 Å². The maximum Gasteiger partial charge on any atom is 0.435 e. The molecule has 12 nitrogen and oxygen atoms in total. The Morgan fingerprint density at radius 2 is 1.79 bits per heavy atom. The molecule has 1 fully saturated rings. The van der Waals surface area contributed by atoms with Crippen molar-refractivity contribution in [2.75, 3.05) is 31.5 Å². The molecule has 0 bridgehead atoms. The molecule has 0 radical (unpaired) electrons. The average molecular weight is 668 g/mol. The van der Waals surface area contributed by atoms with Gasteiger partial charge in [0, 0.05) is 57.7 Å². The first-order chi connectivity index (χ1) is 22.4. The van der Waals surface area contributed by atoms with Crippen molar-refractivity contribution in [1.29, 1.82) is 0 Å². The van der Waals surface area contributed by atoms with Gasteiger partial charge in [-0.15, -0.1) is 0 Å². The number of aromatic amines is 1. The van der Waals surface area contributed by atoms with Crippen LogP contribution in [0.15, 0.2) is 55.0 Å². The summed E-state index contributed by atoms with van der Waals surface area (Å²) in [5, 5.41) is 6.52. The molecule has 1 aliphatic heterocycles. The Bertz CT molecular complexity index is 1990. The highest BCUT2D eigenvalue weighted by molar-refractivity contribution is 6.34. The van der Waals surface area contributed by atoms with Crippen molar-refractivity contribution in [3.8, 4) is 17.1 Å². The van der Waals surface area contributed by atoms with Crippen LogP contribution in [0, 0.1) is 0 Å². The minimum Gasteiger partial charge on any atom is -0.360 e. The van der Waals surface area contributed by atoms with Gasteiger partial charge in [-0.25, -0.2) is 14.6 Å². The van der Waals surface area contributed by atoms with E-state index in [0.29, 0.717) is 38.1 Å². The molecule has 6 rings (SSSR count). The van der Waals surface area contributed by atoms with E-state index in [9.17, 15) is 27.6 Å². The van der Waals surface area contributed by atoms with Gasteiger partial charge in [0.2, 0.25) is 5.91 Å². The van der Waals surface area contributed by atoms with Crippen LogP contribution in [0.25, 0.3) is 28.1 Å². The number of anilines is 1. The highest BCUT2D eigenvalue weighted by Crippen LogP contribution is 2.37. The number of nitrogens with zero attached hydrogens (tertiary/aromatic N) is 7. The second kappa shape index (κ2) is 12.5. The monoisotopic (exact) mass is 667 g/mol. The molecular weight excluding hydrogens is 639 g/mol. The van der Waals surface area contributed by atoms with Crippen molar-refractivity contribution in [3.05, 3.63) is 77.1 Å². The number of rotatable bonds is 7. The maximum absolute atomic E-state index is 14.1. The number of pyridine rings is 1. The third-order valence-electron chi connectivity index (χ3n) is 7.92. The number of halogens is 4. The third kappa shape index (κ3) is 6.30. The Morgan fingerprint density at radius 3 is 2.49 bits per heavy atom. The molecule has 5 heterocycles. The van der Waals surface area contributed by atoms with Crippen LogP contribution in [-0.2, 0) is 18.0 Å². The number of hydrogen-bond acceptors (Lipinski definition) is 6. The van der Waals surface area contributed by atoms with Gasteiger partial charge in [-0.3, -0.25) is 14.4 Å². The van der Waals surface area contributed by atoms with E-state index in [1.54, 1.807) is 34.2 Å². The first-order valence-electron chi connectivity index (χ1n) is 14.8. The standard InChI is InChI=1S/C31H29ClF3N9O3/c1-3-4-26(45)42-11-13-43(14-12-42)30(47)19-6-5-18(15-21(19)32)38-29(46)28-37-16-24(41(28)2)20-17-44(40-27(20)31(33,34)35)25-8-7-22-23(39-25)9-10-36-22/h5-10,15-17,36H,3-4,11-14H2,1-2H3,(H,38,46).